The summed E-state index contributed by atoms with van der Waals surface area (Å²) in [5, 5.41) is 2.59. The number of halogens is 3. The van der Waals surface area contributed by atoms with E-state index < -0.39 is 29.8 Å². The molecule has 118 valence electrons. The SMILES string of the molecule is CC(C)CCCNC(=O)Cn1cccc(C(F)(F)F)c1=O. The second-order valence-corrected chi connectivity index (χ2v) is 5.24. The summed E-state index contributed by atoms with van der Waals surface area (Å²) in [6.45, 7) is 4.16. The van der Waals surface area contributed by atoms with Crippen molar-refractivity contribution in [1.82, 2.24) is 9.88 Å². The van der Waals surface area contributed by atoms with Gasteiger partial charge in [-0.15, -0.1) is 0 Å². The van der Waals surface area contributed by atoms with Gasteiger partial charge in [0.15, 0.2) is 0 Å². The van der Waals surface area contributed by atoms with E-state index in [0.29, 0.717) is 18.5 Å². The molecule has 0 aliphatic heterocycles. The maximum atomic E-state index is 12.6. The highest BCUT2D eigenvalue weighted by Crippen LogP contribution is 2.25. The van der Waals surface area contributed by atoms with Crippen molar-refractivity contribution < 1.29 is 18.0 Å². The Morgan fingerprint density at radius 3 is 2.62 bits per heavy atom. The topological polar surface area (TPSA) is 51.1 Å². The Kier molecular flexibility index (Phi) is 5.99. The number of hydrogen-bond acceptors (Lipinski definition) is 2. The number of carbonyl (C=O) groups excluding carboxylic acids is 1. The first-order valence-corrected chi connectivity index (χ1v) is 6.75. The van der Waals surface area contributed by atoms with E-state index in [1.807, 2.05) is 0 Å². The molecule has 0 saturated heterocycles. The van der Waals surface area contributed by atoms with E-state index >= 15 is 0 Å². The Morgan fingerprint density at radius 2 is 2.05 bits per heavy atom. The molecular weight excluding hydrogens is 285 g/mol. The molecule has 0 fully saturated rings. The smallest absolute Gasteiger partial charge is 0.355 e. The van der Waals surface area contributed by atoms with Gasteiger partial charge in [-0.1, -0.05) is 13.8 Å². The van der Waals surface area contributed by atoms with Crippen LogP contribution >= 0.6 is 0 Å². The Morgan fingerprint density at radius 1 is 1.38 bits per heavy atom. The van der Waals surface area contributed by atoms with Gasteiger partial charge in [0.2, 0.25) is 5.91 Å². The summed E-state index contributed by atoms with van der Waals surface area (Å²) < 4.78 is 38.5. The zero-order chi connectivity index (χ0) is 16.0. The minimum Gasteiger partial charge on any atom is -0.355 e. The van der Waals surface area contributed by atoms with Crippen molar-refractivity contribution >= 4 is 5.91 Å². The highest BCUT2D eigenvalue weighted by molar-refractivity contribution is 5.75. The summed E-state index contributed by atoms with van der Waals surface area (Å²) in [6, 6.07) is 1.82. The highest BCUT2D eigenvalue weighted by Gasteiger charge is 2.34. The van der Waals surface area contributed by atoms with Gasteiger partial charge in [-0.05, 0) is 30.9 Å². The number of hydrogen-bond donors (Lipinski definition) is 1. The molecule has 0 aliphatic carbocycles. The number of rotatable bonds is 6. The van der Waals surface area contributed by atoms with Crippen molar-refractivity contribution in [3.05, 3.63) is 34.2 Å². The fourth-order valence-corrected chi connectivity index (χ4v) is 1.83. The minimum atomic E-state index is -4.71. The van der Waals surface area contributed by atoms with E-state index in [9.17, 15) is 22.8 Å². The lowest BCUT2D eigenvalue weighted by molar-refractivity contribution is -0.139. The molecule has 1 N–H and O–H groups in total. The van der Waals surface area contributed by atoms with Crippen LogP contribution in [0, 0.1) is 5.92 Å². The third-order valence-corrected chi connectivity index (χ3v) is 2.92. The van der Waals surface area contributed by atoms with Crippen LogP contribution < -0.4 is 10.9 Å². The molecule has 1 aromatic heterocycles. The first kappa shape index (κ1) is 17.3. The van der Waals surface area contributed by atoms with Crippen LogP contribution in [0.1, 0.15) is 32.3 Å². The minimum absolute atomic E-state index is 0.412. The van der Waals surface area contributed by atoms with Crippen molar-refractivity contribution in [3.8, 4) is 0 Å². The second kappa shape index (κ2) is 7.28. The zero-order valence-electron chi connectivity index (χ0n) is 12.0. The molecule has 1 heterocycles. The highest BCUT2D eigenvalue weighted by atomic mass is 19.4. The molecule has 21 heavy (non-hydrogen) atoms. The molecule has 1 rings (SSSR count). The Balaban J connectivity index is 2.63. The number of amides is 1. The molecule has 7 heteroatoms. The van der Waals surface area contributed by atoms with E-state index in [4.69, 9.17) is 0 Å². The van der Waals surface area contributed by atoms with Crippen LogP contribution in [0.4, 0.5) is 13.2 Å². The lowest BCUT2D eigenvalue weighted by Crippen LogP contribution is -2.35. The number of pyridine rings is 1. The first-order valence-electron chi connectivity index (χ1n) is 6.75. The summed E-state index contributed by atoms with van der Waals surface area (Å²) in [6.07, 6.45) is -1.80. The Hall–Kier alpha value is -1.79. The largest absolute Gasteiger partial charge is 0.421 e. The quantitative estimate of drug-likeness (QED) is 0.821. The molecule has 0 aromatic carbocycles. The average molecular weight is 304 g/mol. The van der Waals surface area contributed by atoms with E-state index in [1.54, 1.807) is 0 Å². The summed E-state index contributed by atoms with van der Waals surface area (Å²) in [5.41, 5.74) is -2.47. The molecule has 0 aliphatic rings. The van der Waals surface area contributed by atoms with E-state index in [1.165, 1.54) is 6.20 Å². The predicted molar refractivity (Wildman–Crippen MR) is 72.8 cm³/mol. The molecule has 4 nitrogen and oxygen atoms in total. The van der Waals surface area contributed by atoms with Gasteiger partial charge in [-0.25, -0.2) is 0 Å². The molecule has 1 amide bonds. The van der Waals surface area contributed by atoms with Crippen LogP contribution in [-0.2, 0) is 17.5 Å². The lowest BCUT2D eigenvalue weighted by atomic mass is 10.1. The van der Waals surface area contributed by atoms with Gasteiger partial charge < -0.3 is 9.88 Å². The summed E-state index contributed by atoms with van der Waals surface area (Å²) >= 11 is 0. The van der Waals surface area contributed by atoms with Gasteiger partial charge in [0.1, 0.15) is 12.1 Å². The zero-order valence-corrected chi connectivity index (χ0v) is 12.0. The lowest BCUT2D eigenvalue weighted by Gasteiger charge is -2.11. The maximum absolute atomic E-state index is 12.6. The van der Waals surface area contributed by atoms with Crippen LogP contribution in [0.25, 0.3) is 0 Å². The fraction of sp³-hybridized carbons (Fsp3) is 0.571. The van der Waals surface area contributed by atoms with E-state index in [-0.39, 0.29) is 0 Å². The maximum Gasteiger partial charge on any atom is 0.421 e. The van der Waals surface area contributed by atoms with Gasteiger partial charge in [0.25, 0.3) is 5.56 Å². The second-order valence-electron chi connectivity index (χ2n) is 5.24. The van der Waals surface area contributed by atoms with Crippen molar-refractivity contribution in [2.24, 2.45) is 5.92 Å². The van der Waals surface area contributed by atoms with Crippen LogP contribution in [0.2, 0.25) is 0 Å². The molecule has 1 aromatic rings. The normalized spacial score (nSPS) is 11.7. The van der Waals surface area contributed by atoms with Gasteiger partial charge in [-0.3, -0.25) is 9.59 Å². The number of nitrogens with zero attached hydrogens (tertiary/aromatic N) is 1. The summed E-state index contributed by atoms with van der Waals surface area (Å²) in [7, 11) is 0. The molecular formula is C14H19F3N2O2. The third kappa shape index (κ3) is 5.61. The van der Waals surface area contributed by atoms with Crippen molar-refractivity contribution in [1.29, 1.82) is 0 Å². The van der Waals surface area contributed by atoms with Crippen molar-refractivity contribution in [2.75, 3.05) is 6.54 Å². The van der Waals surface area contributed by atoms with E-state index in [2.05, 4.69) is 19.2 Å². The predicted octanol–water partition coefficient (Wildman–Crippen LogP) is 2.42. The van der Waals surface area contributed by atoms with Crippen molar-refractivity contribution in [3.63, 3.8) is 0 Å². The van der Waals surface area contributed by atoms with Gasteiger partial charge in [0, 0.05) is 12.7 Å². The van der Waals surface area contributed by atoms with Crippen LogP contribution in [-0.4, -0.2) is 17.0 Å². The standard InChI is InChI=1S/C14H19F3N2O2/c1-10(2)5-3-7-18-12(20)9-19-8-4-6-11(13(19)21)14(15,16)17/h4,6,8,10H,3,5,7,9H2,1-2H3,(H,18,20). The Labute approximate surface area is 121 Å². The number of carbonyl (C=O) groups is 1. The Bertz CT molecular complexity index is 536. The first-order chi connectivity index (χ1) is 9.71. The van der Waals surface area contributed by atoms with Crippen molar-refractivity contribution in [2.45, 2.75) is 39.4 Å². The molecule has 0 unspecified atom stereocenters. The number of alkyl halides is 3. The van der Waals surface area contributed by atoms with Crippen LogP contribution in [0.15, 0.2) is 23.1 Å². The number of aromatic nitrogens is 1. The average Bonchev–Trinajstić information content (AvgIpc) is 2.35. The van der Waals surface area contributed by atoms with Crippen LogP contribution in [0.3, 0.4) is 0 Å². The summed E-state index contributed by atoms with van der Waals surface area (Å²) in [5.74, 6) is 0.0492. The number of nitrogens with one attached hydrogen (secondary N) is 1. The fourth-order valence-electron chi connectivity index (χ4n) is 1.83. The van der Waals surface area contributed by atoms with Gasteiger partial charge in [-0.2, -0.15) is 13.2 Å². The summed E-state index contributed by atoms with van der Waals surface area (Å²) in [4.78, 5) is 23.3. The van der Waals surface area contributed by atoms with Gasteiger partial charge >= 0.3 is 6.18 Å². The van der Waals surface area contributed by atoms with E-state index in [0.717, 1.165) is 23.5 Å². The monoisotopic (exact) mass is 304 g/mol. The molecule has 0 atom stereocenters. The molecule has 0 radical (unpaired) electrons. The molecule has 0 spiro atoms. The third-order valence-electron chi connectivity index (χ3n) is 2.92. The van der Waals surface area contributed by atoms with Crippen LogP contribution in [0.5, 0.6) is 0 Å². The van der Waals surface area contributed by atoms with Gasteiger partial charge in [0.05, 0.1) is 0 Å². The molecule has 0 saturated carbocycles. The molecule has 0 bridgehead atoms.